The quantitative estimate of drug-likeness (QED) is 0.341. The van der Waals surface area contributed by atoms with E-state index in [1.54, 1.807) is 14.2 Å². The summed E-state index contributed by atoms with van der Waals surface area (Å²) in [5.41, 5.74) is 1.76. The van der Waals surface area contributed by atoms with Gasteiger partial charge < -0.3 is 38.3 Å². The van der Waals surface area contributed by atoms with E-state index >= 15 is 0 Å². The highest BCUT2D eigenvalue weighted by Gasteiger charge is 2.68. The van der Waals surface area contributed by atoms with Crippen molar-refractivity contribution < 1.29 is 47.9 Å². The maximum atomic E-state index is 13.2. The highest BCUT2D eigenvalue weighted by Crippen LogP contribution is 2.66. The third kappa shape index (κ3) is 5.00. The van der Waals surface area contributed by atoms with Gasteiger partial charge in [0.2, 0.25) is 0 Å². The maximum Gasteiger partial charge on any atom is 0.317 e. The number of methoxy groups -OCH3 is 2. The maximum absolute atomic E-state index is 13.2. The van der Waals surface area contributed by atoms with Crippen LogP contribution in [0.1, 0.15) is 79.1 Å². The molecule has 250 valence electrons. The summed E-state index contributed by atoms with van der Waals surface area (Å²) in [6, 6.07) is 0. The highest BCUT2D eigenvalue weighted by atomic mass is 16.7. The molecule has 45 heavy (non-hydrogen) atoms. The molecule has 7 rings (SSSR count). The van der Waals surface area contributed by atoms with Crippen LogP contribution in [0.15, 0.2) is 23.3 Å². The molecule has 2 saturated carbocycles. The molecule has 3 aliphatic heterocycles. The zero-order valence-electron chi connectivity index (χ0n) is 27.4. The van der Waals surface area contributed by atoms with E-state index in [0.717, 1.165) is 37.7 Å². The second-order valence-corrected chi connectivity index (χ2v) is 14.8. The van der Waals surface area contributed by atoms with E-state index < -0.39 is 30.2 Å². The Bertz CT molecular complexity index is 1250. The Morgan fingerprint density at radius 3 is 2.38 bits per heavy atom. The largest absolute Gasteiger partial charge is 0.461 e. The van der Waals surface area contributed by atoms with Crippen molar-refractivity contribution in [1.29, 1.82) is 0 Å². The smallest absolute Gasteiger partial charge is 0.317 e. The number of hydrogen-bond donors (Lipinski definition) is 1. The van der Waals surface area contributed by atoms with Crippen molar-refractivity contribution in [3.63, 3.8) is 0 Å². The van der Waals surface area contributed by atoms with Crippen molar-refractivity contribution in [3.8, 4) is 0 Å². The zero-order valence-corrected chi connectivity index (χ0v) is 27.4. The van der Waals surface area contributed by atoms with Crippen molar-refractivity contribution >= 4 is 11.8 Å². The first-order valence-electron chi connectivity index (χ1n) is 17.0. The molecular weight excluding hydrogens is 580 g/mol. The summed E-state index contributed by atoms with van der Waals surface area (Å²) < 4.78 is 42.3. The zero-order chi connectivity index (χ0) is 31.8. The Balaban J connectivity index is 0.996. The molecular formula is C35H50O10. The van der Waals surface area contributed by atoms with Gasteiger partial charge in [0.1, 0.15) is 23.7 Å². The number of aliphatic hydroxyl groups excluding tert-OH is 1. The summed E-state index contributed by atoms with van der Waals surface area (Å²) in [7, 11) is 3.28. The predicted octanol–water partition coefficient (Wildman–Crippen LogP) is 4.02. The Hall–Kier alpha value is -1.66. The number of allylic oxidation sites excluding steroid dienone is 2. The number of carbonyl (C=O) groups excluding carboxylic acids is 2. The molecule has 15 atom stereocenters. The lowest BCUT2D eigenvalue weighted by molar-refractivity contribution is -0.319. The Morgan fingerprint density at radius 1 is 0.911 bits per heavy atom. The average molecular weight is 631 g/mol. The van der Waals surface area contributed by atoms with Crippen molar-refractivity contribution in [2.24, 2.45) is 28.6 Å². The van der Waals surface area contributed by atoms with Crippen LogP contribution in [0.2, 0.25) is 0 Å². The van der Waals surface area contributed by atoms with E-state index in [9.17, 15) is 14.7 Å². The number of esters is 1. The van der Waals surface area contributed by atoms with Gasteiger partial charge in [-0.25, -0.2) is 0 Å². The van der Waals surface area contributed by atoms with Gasteiger partial charge in [-0.3, -0.25) is 9.59 Å². The van der Waals surface area contributed by atoms with Crippen LogP contribution >= 0.6 is 0 Å². The van der Waals surface area contributed by atoms with Gasteiger partial charge in [-0.05, 0) is 88.2 Å². The Kier molecular flexibility index (Phi) is 8.36. The SMILES string of the molecule is CO[C@H]1C[C@H](O[C@H]2CC[C@@]3(C)C(=CC[C@H]4C5=CC(=O)[C@@H]6[C@@H](C)OC(=O)[C@]56CC[C@@H]43)C2)O[C@H](C)[C@H]1O[C@@H]1C[C@@H](OC)[C@H](O)[C@@H](C)O1. The van der Waals surface area contributed by atoms with Crippen LogP contribution in [0.25, 0.3) is 0 Å². The second-order valence-electron chi connectivity index (χ2n) is 14.8. The Labute approximate surface area is 266 Å². The number of cyclic esters (lactones) is 1. The van der Waals surface area contributed by atoms with E-state index in [1.165, 1.54) is 5.57 Å². The molecule has 0 aromatic carbocycles. The van der Waals surface area contributed by atoms with Gasteiger partial charge in [0.15, 0.2) is 18.4 Å². The van der Waals surface area contributed by atoms with Crippen molar-refractivity contribution in [2.75, 3.05) is 14.2 Å². The third-order valence-corrected chi connectivity index (χ3v) is 12.6. The van der Waals surface area contributed by atoms with Crippen LogP contribution in [0.3, 0.4) is 0 Å². The molecule has 0 bridgehead atoms. The van der Waals surface area contributed by atoms with Crippen molar-refractivity contribution in [3.05, 3.63) is 23.3 Å². The molecule has 10 heteroatoms. The van der Waals surface area contributed by atoms with Gasteiger partial charge in [-0.2, -0.15) is 0 Å². The molecule has 0 amide bonds. The van der Waals surface area contributed by atoms with Crippen LogP contribution < -0.4 is 0 Å². The first-order valence-corrected chi connectivity index (χ1v) is 17.0. The molecule has 10 nitrogen and oxygen atoms in total. The highest BCUT2D eigenvalue weighted by molar-refractivity contribution is 6.05. The number of fused-ring (bicyclic) bond motifs is 4. The fourth-order valence-electron chi connectivity index (χ4n) is 10.3. The van der Waals surface area contributed by atoms with Crippen LogP contribution in [0, 0.1) is 28.6 Å². The molecule has 0 aromatic heterocycles. The van der Waals surface area contributed by atoms with Gasteiger partial charge in [0.25, 0.3) is 0 Å². The van der Waals surface area contributed by atoms with Crippen LogP contribution in [-0.4, -0.2) is 92.5 Å². The number of ether oxygens (including phenoxy) is 7. The van der Waals surface area contributed by atoms with Crippen LogP contribution in [-0.2, 0) is 42.7 Å². The number of ketones is 1. The minimum atomic E-state index is -0.734. The van der Waals surface area contributed by atoms with E-state index in [2.05, 4.69) is 13.0 Å². The first kappa shape index (κ1) is 31.9. The molecule has 1 spiro atoms. The van der Waals surface area contributed by atoms with Crippen molar-refractivity contribution in [2.45, 2.75) is 140 Å². The molecule has 1 N–H and O–H groups in total. The second kappa shape index (κ2) is 11.8. The summed E-state index contributed by atoms with van der Waals surface area (Å²) in [5.74, 6) is 0.141. The summed E-state index contributed by atoms with van der Waals surface area (Å²) in [5, 5.41) is 10.3. The number of rotatable bonds is 6. The van der Waals surface area contributed by atoms with Gasteiger partial charge in [-0.15, -0.1) is 0 Å². The lowest BCUT2D eigenvalue weighted by atomic mass is 9.48. The molecule has 0 aromatic rings. The molecule has 7 aliphatic rings. The fraction of sp³-hybridized carbons (Fsp3) is 0.829. The van der Waals surface area contributed by atoms with Gasteiger partial charge in [-0.1, -0.05) is 18.6 Å². The van der Waals surface area contributed by atoms with Crippen molar-refractivity contribution in [1.82, 2.24) is 0 Å². The summed E-state index contributed by atoms with van der Waals surface area (Å²) in [6.07, 6.45) is 6.84. The minimum absolute atomic E-state index is 0.0139. The van der Waals surface area contributed by atoms with Gasteiger partial charge in [0.05, 0.1) is 36.4 Å². The lowest BCUT2D eigenvalue weighted by Crippen LogP contribution is -2.55. The van der Waals surface area contributed by atoms with Gasteiger partial charge >= 0.3 is 5.97 Å². The van der Waals surface area contributed by atoms with Crippen LogP contribution in [0.5, 0.6) is 0 Å². The Morgan fingerprint density at radius 2 is 1.62 bits per heavy atom. The topological polar surface area (TPSA) is 119 Å². The average Bonchev–Trinajstić information content (AvgIpc) is 3.46. The molecule has 4 aliphatic carbocycles. The fourth-order valence-corrected chi connectivity index (χ4v) is 10.3. The lowest BCUT2D eigenvalue weighted by Gasteiger charge is -2.55. The number of hydrogen-bond acceptors (Lipinski definition) is 10. The van der Waals surface area contributed by atoms with E-state index in [0.29, 0.717) is 25.2 Å². The standard InChI is InChI=1S/C35H50O10/c1-17-30-25(36)14-24-22-8-7-20-13-21(9-11-34(20,4)23(22)10-12-35(24,30)33(38)43-17)44-28-16-27(40-6)32(19(3)42-28)45-29-15-26(39-5)31(37)18(2)41-29/h7,14,17-19,21-23,26-32,37H,8-13,15-16H2,1-6H3/t17-,18-,19-,21+,22-,23+,26-,27+,28+,29-,30+,31-,32-,34+,35-/m1/s1. The summed E-state index contributed by atoms with van der Waals surface area (Å²) in [6.45, 7) is 8.05. The van der Waals surface area contributed by atoms with Gasteiger partial charge in [0, 0.05) is 27.1 Å². The van der Waals surface area contributed by atoms with E-state index in [1.807, 2.05) is 26.8 Å². The van der Waals surface area contributed by atoms with E-state index in [-0.39, 0.29) is 65.6 Å². The third-order valence-electron chi connectivity index (χ3n) is 12.6. The number of carbonyl (C=O) groups is 2. The van der Waals surface area contributed by atoms with Crippen LogP contribution in [0.4, 0.5) is 0 Å². The normalized spacial score (nSPS) is 51.0. The number of aliphatic hydroxyl groups is 1. The molecule has 5 fully saturated rings. The molecule has 3 saturated heterocycles. The monoisotopic (exact) mass is 630 g/mol. The minimum Gasteiger partial charge on any atom is -0.461 e. The first-order chi connectivity index (χ1) is 21.5. The van der Waals surface area contributed by atoms with E-state index in [4.69, 9.17) is 33.2 Å². The predicted molar refractivity (Wildman–Crippen MR) is 161 cm³/mol. The molecule has 3 heterocycles. The summed E-state index contributed by atoms with van der Waals surface area (Å²) in [4.78, 5) is 26.3. The summed E-state index contributed by atoms with van der Waals surface area (Å²) >= 11 is 0. The molecule has 0 unspecified atom stereocenters. The molecule has 0 radical (unpaired) electrons.